The minimum absolute atomic E-state index is 0.175. The smallest absolute Gasteiger partial charge is 0.317 e. The molecule has 0 aromatic heterocycles. The minimum Gasteiger partial charge on any atom is -0.393 e. The summed E-state index contributed by atoms with van der Waals surface area (Å²) in [4.78, 5) is 23.6. The highest BCUT2D eigenvalue weighted by molar-refractivity contribution is 5.97. The predicted molar refractivity (Wildman–Crippen MR) is 76.0 cm³/mol. The van der Waals surface area contributed by atoms with Crippen LogP contribution >= 0.6 is 0 Å². The number of carbonyl (C=O) groups is 2. The Morgan fingerprint density at radius 3 is 2.10 bits per heavy atom. The Balaban J connectivity index is 1.47. The maximum Gasteiger partial charge on any atom is 0.317 e. The molecule has 3 heteroatoms. The van der Waals surface area contributed by atoms with Crippen LogP contribution in [0, 0.1) is 35.0 Å². The summed E-state index contributed by atoms with van der Waals surface area (Å²) in [5, 5.41) is 0. The molecule has 2 unspecified atom stereocenters. The zero-order valence-electron chi connectivity index (χ0n) is 12.3. The first-order valence-electron chi connectivity index (χ1n) is 8.58. The van der Waals surface area contributed by atoms with Crippen molar-refractivity contribution in [2.45, 2.75) is 51.4 Å². The van der Waals surface area contributed by atoms with Gasteiger partial charge in [0.05, 0.1) is 11.8 Å². The Kier molecular flexibility index (Phi) is 2.36. The molecular weight excluding hydrogens is 264 g/mol. The third-order valence-electron chi connectivity index (χ3n) is 7.07. The van der Waals surface area contributed by atoms with E-state index in [0.29, 0.717) is 5.41 Å². The van der Waals surface area contributed by atoms with Crippen molar-refractivity contribution in [3.05, 3.63) is 11.6 Å². The van der Waals surface area contributed by atoms with Crippen molar-refractivity contribution in [2.24, 2.45) is 35.0 Å². The lowest BCUT2D eigenvalue weighted by Gasteiger charge is -2.58. The molecule has 1 heterocycles. The first-order valence-corrected chi connectivity index (χ1v) is 8.58. The Labute approximate surface area is 125 Å². The van der Waals surface area contributed by atoms with Crippen molar-refractivity contribution >= 4 is 11.9 Å². The standard InChI is InChI=1S/C18H22O3/c19-16-14-2-1-13(6-15(14)17(20)21-16)18-7-10-3-11(8-18)5-12(4-10)9-18/h1,10-12,14-15H,2-9H2. The van der Waals surface area contributed by atoms with E-state index in [0.717, 1.165) is 30.6 Å². The molecule has 112 valence electrons. The van der Waals surface area contributed by atoms with Gasteiger partial charge in [0.25, 0.3) is 0 Å². The summed E-state index contributed by atoms with van der Waals surface area (Å²) < 4.78 is 4.86. The number of fused-ring (bicyclic) bond motifs is 1. The van der Waals surface area contributed by atoms with E-state index in [9.17, 15) is 9.59 Å². The third-order valence-corrected chi connectivity index (χ3v) is 7.07. The molecule has 1 saturated heterocycles. The van der Waals surface area contributed by atoms with Crippen LogP contribution in [0.15, 0.2) is 11.6 Å². The molecule has 4 saturated carbocycles. The molecule has 21 heavy (non-hydrogen) atoms. The highest BCUT2D eigenvalue weighted by Gasteiger charge is 2.55. The van der Waals surface area contributed by atoms with Gasteiger partial charge in [-0.05, 0) is 74.5 Å². The number of allylic oxidation sites excluding steroid dienone is 2. The molecule has 5 aliphatic carbocycles. The van der Waals surface area contributed by atoms with Gasteiger partial charge in [0.1, 0.15) is 0 Å². The van der Waals surface area contributed by atoms with Crippen molar-refractivity contribution < 1.29 is 14.3 Å². The van der Waals surface area contributed by atoms with Gasteiger partial charge in [-0.3, -0.25) is 9.59 Å². The topological polar surface area (TPSA) is 43.4 Å². The van der Waals surface area contributed by atoms with Gasteiger partial charge in [0.15, 0.2) is 0 Å². The molecule has 0 aromatic carbocycles. The fourth-order valence-electron chi connectivity index (χ4n) is 6.59. The fraction of sp³-hybridized carbons (Fsp3) is 0.778. The van der Waals surface area contributed by atoms with Crippen LogP contribution in [-0.4, -0.2) is 11.9 Å². The highest BCUT2D eigenvalue weighted by atomic mass is 16.6. The average molecular weight is 286 g/mol. The summed E-state index contributed by atoms with van der Waals surface area (Å²) in [7, 11) is 0. The molecule has 1 aliphatic heterocycles. The second-order valence-corrected chi connectivity index (χ2v) is 8.32. The van der Waals surface area contributed by atoms with Gasteiger partial charge in [-0.25, -0.2) is 0 Å². The van der Waals surface area contributed by atoms with Crippen LogP contribution in [0.2, 0.25) is 0 Å². The molecule has 0 aromatic rings. The van der Waals surface area contributed by atoms with Crippen LogP contribution in [0.4, 0.5) is 0 Å². The largest absolute Gasteiger partial charge is 0.393 e. The van der Waals surface area contributed by atoms with Gasteiger partial charge >= 0.3 is 11.9 Å². The van der Waals surface area contributed by atoms with Gasteiger partial charge in [-0.1, -0.05) is 11.6 Å². The number of cyclic esters (lactones) is 2. The average Bonchev–Trinajstić information content (AvgIpc) is 2.72. The quantitative estimate of drug-likeness (QED) is 0.422. The number of esters is 2. The van der Waals surface area contributed by atoms with Crippen molar-refractivity contribution in [3.8, 4) is 0 Å². The summed E-state index contributed by atoms with van der Waals surface area (Å²) in [6, 6.07) is 0. The maximum absolute atomic E-state index is 11.9. The summed E-state index contributed by atoms with van der Waals surface area (Å²) in [5.74, 6) is 1.86. The monoisotopic (exact) mass is 286 g/mol. The van der Waals surface area contributed by atoms with Crippen LogP contribution in [-0.2, 0) is 14.3 Å². The van der Waals surface area contributed by atoms with Gasteiger partial charge in [-0.15, -0.1) is 0 Å². The van der Waals surface area contributed by atoms with Gasteiger partial charge in [-0.2, -0.15) is 0 Å². The summed E-state index contributed by atoms with van der Waals surface area (Å²) >= 11 is 0. The van der Waals surface area contributed by atoms with E-state index in [1.165, 1.54) is 44.1 Å². The van der Waals surface area contributed by atoms with E-state index < -0.39 is 0 Å². The van der Waals surface area contributed by atoms with E-state index in [2.05, 4.69) is 6.08 Å². The Morgan fingerprint density at radius 1 is 0.905 bits per heavy atom. The Morgan fingerprint density at radius 2 is 1.48 bits per heavy atom. The number of rotatable bonds is 1. The second kappa shape index (κ2) is 3.99. The maximum atomic E-state index is 11.9. The van der Waals surface area contributed by atoms with Gasteiger partial charge in [0.2, 0.25) is 0 Å². The molecule has 3 nitrogen and oxygen atoms in total. The number of hydrogen-bond acceptors (Lipinski definition) is 3. The molecule has 6 aliphatic rings. The Bertz CT molecular complexity index is 524. The molecule has 5 fully saturated rings. The van der Waals surface area contributed by atoms with Gasteiger partial charge < -0.3 is 4.74 Å². The predicted octanol–water partition coefficient (Wildman–Crippen LogP) is 3.24. The van der Waals surface area contributed by atoms with Gasteiger partial charge in [0, 0.05) is 0 Å². The van der Waals surface area contributed by atoms with E-state index in [4.69, 9.17) is 4.74 Å². The lowest BCUT2D eigenvalue weighted by atomic mass is 9.46. The highest BCUT2D eigenvalue weighted by Crippen LogP contribution is 2.64. The van der Waals surface area contributed by atoms with Crippen LogP contribution in [0.5, 0.6) is 0 Å². The molecule has 0 radical (unpaired) electrons. The zero-order chi connectivity index (χ0) is 14.2. The third kappa shape index (κ3) is 1.66. The lowest BCUT2D eigenvalue weighted by molar-refractivity contribution is -0.153. The number of ether oxygens (including phenoxy) is 1. The molecule has 0 spiro atoms. The molecule has 0 amide bonds. The zero-order valence-corrected chi connectivity index (χ0v) is 12.3. The first-order chi connectivity index (χ1) is 10.1. The van der Waals surface area contributed by atoms with Crippen molar-refractivity contribution in [2.75, 3.05) is 0 Å². The van der Waals surface area contributed by atoms with E-state index in [1.54, 1.807) is 0 Å². The molecular formula is C18H22O3. The van der Waals surface area contributed by atoms with Crippen LogP contribution < -0.4 is 0 Å². The molecule has 2 atom stereocenters. The number of carbonyl (C=O) groups excluding carboxylic acids is 2. The first kappa shape index (κ1) is 12.4. The molecule has 0 N–H and O–H groups in total. The summed E-state index contributed by atoms with van der Waals surface area (Å²) in [6.45, 7) is 0. The SMILES string of the molecule is O=C1OC(=O)C2CC(C34CC5CC(CC(C5)C3)C4)=CCC12. The summed E-state index contributed by atoms with van der Waals surface area (Å²) in [5.41, 5.74) is 1.89. The second-order valence-electron chi connectivity index (χ2n) is 8.32. The lowest BCUT2D eigenvalue weighted by Crippen LogP contribution is -2.47. The van der Waals surface area contributed by atoms with E-state index in [-0.39, 0.29) is 23.8 Å². The van der Waals surface area contributed by atoms with Crippen molar-refractivity contribution in [3.63, 3.8) is 0 Å². The normalized spacial score (nSPS) is 50.9. The summed E-state index contributed by atoms with van der Waals surface area (Å²) in [6.07, 6.45) is 12.2. The van der Waals surface area contributed by atoms with E-state index in [1.807, 2.05) is 0 Å². The van der Waals surface area contributed by atoms with Crippen LogP contribution in [0.25, 0.3) is 0 Å². The molecule has 4 bridgehead atoms. The Hall–Kier alpha value is -1.12. The van der Waals surface area contributed by atoms with E-state index >= 15 is 0 Å². The van der Waals surface area contributed by atoms with Crippen LogP contribution in [0.3, 0.4) is 0 Å². The fourth-order valence-corrected chi connectivity index (χ4v) is 6.59. The number of hydrogen-bond donors (Lipinski definition) is 0. The van der Waals surface area contributed by atoms with Crippen molar-refractivity contribution in [1.29, 1.82) is 0 Å². The van der Waals surface area contributed by atoms with Crippen LogP contribution in [0.1, 0.15) is 51.4 Å². The molecule has 6 rings (SSSR count). The minimum atomic E-state index is -0.286. The van der Waals surface area contributed by atoms with Crippen molar-refractivity contribution in [1.82, 2.24) is 0 Å².